The molecule has 0 bridgehead atoms. The summed E-state index contributed by atoms with van der Waals surface area (Å²) in [7, 11) is 1.62. The standard InChI is InChI=1S/C15H23NO4/c1-10-9-12(6-7-13(10)20-3)15(19)11(2)16-8-4-5-14(17)18/h6-7,9,11,15-16,19H,4-5,8H2,1-3H3,(H,17,18). The van der Waals surface area contributed by atoms with Crippen LogP contribution in [0.5, 0.6) is 5.75 Å². The van der Waals surface area contributed by atoms with Crippen molar-refractivity contribution in [2.75, 3.05) is 13.7 Å². The zero-order valence-electron chi connectivity index (χ0n) is 12.2. The van der Waals surface area contributed by atoms with Gasteiger partial charge in [-0.25, -0.2) is 0 Å². The van der Waals surface area contributed by atoms with E-state index in [9.17, 15) is 9.90 Å². The predicted octanol–water partition coefficient (Wildman–Crippen LogP) is 1.88. The lowest BCUT2D eigenvalue weighted by atomic mass is 10.0. The first-order valence-corrected chi connectivity index (χ1v) is 6.73. The number of ether oxygens (including phenoxy) is 1. The first-order chi connectivity index (χ1) is 9.45. The molecule has 0 saturated heterocycles. The van der Waals surface area contributed by atoms with Crippen molar-refractivity contribution in [2.45, 2.75) is 38.8 Å². The normalized spacial score (nSPS) is 13.8. The van der Waals surface area contributed by atoms with Crippen molar-refractivity contribution in [1.82, 2.24) is 5.32 Å². The zero-order valence-corrected chi connectivity index (χ0v) is 12.2. The smallest absolute Gasteiger partial charge is 0.303 e. The Hall–Kier alpha value is -1.59. The van der Waals surface area contributed by atoms with Crippen LogP contribution in [0.3, 0.4) is 0 Å². The number of aryl methyl sites for hydroxylation is 1. The maximum Gasteiger partial charge on any atom is 0.303 e. The summed E-state index contributed by atoms with van der Waals surface area (Å²) in [5, 5.41) is 22.0. The highest BCUT2D eigenvalue weighted by molar-refractivity contribution is 5.66. The number of hydrogen-bond donors (Lipinski definition) is 3. The summed E-state index contributed by atoms with van der Waals surface area (Å²) in [6, 6.07) is 5.44. The molecule has 1 aromatic rings. The summed E-state index contributed by atoms with van der Waals surface area (Å²) in [5.74, 6) is -0.00574. The predicted molar refractivity (Wildman–Crippen MR) is 77.0 cm³/mol. The molecule has 0 aliphatic carbocycles. The van der Waals surface area contributed by atoms with Crippen LogP contribution in [0.1, 0.15) is 37.0 Å². The molecular formula is C15H23NO4. The first-order valence-electron chi connectivity index (χ1n) is 6.73. The Morgan fingerprint density at radius 3 is 2.70 bits per heavy atom. The van der Waals surface area contributed by atoms with Gasteiger partial charge in [-0.1, -0.05) is 6.07 Å². The highest BCUT2D eigenvalue weighted by Crippen LogP contribution is 2.24. The van der Waals surface area contributed by atoms with Crippen LogP contribution >= 0.6 is 0 Å². The van der Waals surface area contributed by atoms with Crippen LogP contribution in [0.4, 0.5) is 0 Å². The van der Waals surface area contributed by atoms with Crippen LogP contribution in [-0.2, 0) is 4.79 Å². The highest BCUT2D eigenvalue weighted by Gasteiger charge is 2.16. The van der Waals surface area contributed by atoms with Gasteiger partial charge in [0.15, 0.2) is 0 Å². The number of aliphatic hydroxyl groups is 1. The molecule has 20 heavy (non-hydrogen) atoms. The second kappa shape index (κ2) is 7.87. The van der Waals surface area contributed by atoms with Gasteiger partial charge in [-0.05, 0) is 50.1 Å². The molecule has 0 amide bonds. The molecule has 0 saturated carbocycles. The van der Waals surface area contributed by atoms with E-state index in [0.29, 0.717) is 13.0 Å². The summed E-state index contributed by atoms with van der Waals surface area (Å²) in [6.45, 7) is 4.38. The van der Waals surface area contributed by atoms with Crippen LogP contribution in [-0.4, -0.2) is 35.9 Å². The van der Waals surface area contributed by atoms with Gasteiger partial charge in [-0.2, -0.15) is 0 Å². The molecule has 0 aromatic heterocycles. The topological polar surface area (TPSA) is 78.8 Å². The van der Waals surface area contributed by atoms with Gasteiger partial charge >= 0.3 is 5.97 Å². The minimum absolute atomic E-state index is 0.136. The second-order valence-corrected chi connectivity index (χ2v) is 4.91. The third-order valence-electron chi connectivity index (χ3n) is 3.27. The van der Waals surface area contributed by atoms with E-state index in [1.54, 1.807) is 7.11 Å². The van der Waals surface area contributed by atoms with Gasteiger partial charge in [-0.3, -0.25) is 4.79 Å². The molecule has 3 N–H and O–H groups in total. The number of rotatable bonds is 8. The lowest BCUT2D eigenvalue weighted by molar-refractivity contribution is -0.137. The van der Waals surface area contributed by atoms with E-state index in [4.69, 9.17) is 9.84 Å². The number of aliphatic hydroxyl groups excluding tert-OH is 1. The van der Waals surface area contributed by atoms with E-state index in [0.717, 1.165) is 16.9 Å². The van der Waals surface area contributed by atoms with E-state index >= 15 is 0 Å². The lowest BCUT2D eigenvalue weighted by Crippen LogP contribution is -2.33. The Balaban J connectivity index is 2.53. The molecule has 0 radical (unpaired) electrons. The second-order valence-electron chi connectivity index (χ2n) is 4.91. The third kappa shape index (κ3) is 4.83. The fourth-order valence-corrected chi connectivity index (χ4v) is 2.06. The highest BCUT2D eigenvalue weighted by atomic mass is 16.5. The minimum Gasteiger partial charge on any atom is -0.496 e. The molecule has 112 valence electrons. The van der Waals surface area contributed by atoms with Crippen LogP contribution < -0.4 is 10.1 Å². The van der Waals surface area contributed by atoms with Gasteiger partial charge in [0.05, 0.1) is 13.2 Å². The van der Waals surface area contributed by atoms with Gasteiger partial charge in [0, 0.05) is 12.5 Å². The molecule has 0 fully saturated rings. The lowest BCUT2D eigenvalue weighted by Gasteiger charge is -2.21. The Morgan fingerprint density at radius 2 is 2.15 bits per heavy atom. The largest absolute Gasteiger partial charge is 0.496 e. The Kier molecular flexibility index (Phi) is 6.48. The summed E-state index contributed by atoms with van der Waals surface area (Å²) >= 11 is 0. The molecule has 0 aliphatic rings. The maximum absolute atomic E-state index is 10.4. The molecule has 5 heteroatoms. The quantitative estimate of drug-likeness (QED) is 0.634. The monoisotopic (exact) mass is 281 g/mol. The van der Waals surface area contributed by atoms with Crippen LogP contribution in [0.15, 0.2) is 18.2 Å². The number of carbonyl (C=O) groups is 1. The van der Waals surface area contributed by atoms with Crippen molar-refractivity contribution in [2.24, 2.45) is 0 Å². The fourth-order valence-electron chi connectivity index (χ4n) is 2.06. The number of benzene rings is 1. The maximum atomic E-state index is 10.4. The molecule has 2 unspecified atom stereocenters. The Labute approximate surface area is 119 Å². The minimum atomic E-state index is -0.800. The molecule has 1 aromatic carbocycles. The number of methoxy groups -OCH3 is 1. The van der Waals surface area contributed by atoms with Crippen molar-refractivity contribution in [3.8, 4) is 5.75 Å². The van der Waals surface area contributed by atoms with Crippen LogP contribution in [0.25, 0.3) is 0 Å². The van der Waals surface area contributed by atoms with Crippen LogP contribution in [0.2, 0.25) is 0 Å². The molecular weight excluding hydrogens is 258 g/mol. The molecule has 1 rings (SSSR count). The molecule has 0 heterocycles. The van der Waals surface area contributed by atoms with Crippen molar-refractivity contribution >= 4 is 5.97 Å². The SMILES string of the molecule is COc1ccc(C(O)C(C)NCCCC(=O)O)cc1C. The van der Waals surface area contributed by atoms with E-state index in [1.807, 2.05) is 32.0 Å². The van der Waals surface area contributed by atoms with Crippen LogP contribution in [0, 0.1) is 6.92 Å². The average molecular weight is 281 g/mol. The Bertz CT molecular complexity index is 447. The molecule has 0 aliphatic heterocycles. The van der Waals surface area contributed by atoms with Crippen molar-refractivity contribution in [1.29, 1.82) is 0 Å². The van der Waals surface area contributed by atoms with E-state index in [2.05, 4.69) is 5.32 Å². The molecule has 2 atom stereocenters. The average Bonchev–Trinajstić information content (AvgIpc) is 2.42. The van der Waals surface area contributed by atoms with Crippen molar-refractivity contribution in [3.05, 3.63) is 29.3 Å². The van der Waals surface area contributed by atoms with E-state index in [-0.39, 0.29) is 12.5 Å². The number of carboxylic acid groups (broad SMARTS) is 1. The number of aliphatic carboxylic acids is 1. The van der Waals surface area contributed by atoms with Gasteiger partial charge in [-0.15, -0.1) is 0 Å². The van der Waals surface area contributed by atoms with Gasteiger partial charge in [0.2, 0.25) is 0 Å². The van der Waals surface area contributed by atoms with E-state index < -0.39 is 12.1 Å². The number of hydrogen-bond acceptors (Lipinski definition) is 4. The number of nitrogens with one attached hydrogen (secondary N) is 1. The zero-order chi connectivity index (χ0) is 15.1. The van der Waals surface area contributed by atoms with Crippen molar-refractivity contribution < 1.29 is 19.7 Å². The van der Waals surface area contributed by atoms with Gasteiger partial charge < -0.3 is 20.3 Å². The summed E-state index contributed by atoms with van der Waals surface area (Å²) in [4.78, 5) is 10.4. The third-order valence-corrected chi connectivity index (χ3v) is 3.27. The fraction of sp³-hybridized carbons (Fsp3) is 0.533. The first kappa shape index (κ1) is 16.5. The summed E-state index contributed by atoms with van der Waals surface area (Å²) in [6.07, 6.45) is 0.0512. The summed E-state index contributed by atoms with van der Waals surface area (Å²) in [5.41, 5.74) is 1.80. The summed E-state index contributed by atoms with van der Waals surface area (Å²) < 4.78 is 5.19. The number of carboxylic acids is 1. The Morgan fingerprint density at radius 1 is 1.45 bits per heavy atom. The molecule has 5 nitrogen and oxygen atoms in total. The van der Waals surface area contributed by atoms with E-state index in [1.165, 1.54) is 0 Å². The van der Waals surface area contributed by atoms with Crippen molar-refractivity contribution in [3.63, 3.8) is 0 Å². The van der Waals surface area contributed by atoms with Gasteiger partial charge in [0.25, 0.3) is 0 Å². The van der Waals surface area contributed by atoms with Gasteiger partial charge in [0.1, 0.15) is 5.75 Å². The molecule has 0 spiro atoms.